The lowest BCUT2D eigenvalue weighted by molar-refractivity contribution is -0.120. The van der Waals surface area contributed by atoms with Crippen molar-refractivity contribution in [3.05, 3.63) is 34.6 Å². The fraction of sp³-hybridized carbons (Fsp3) is 0.389. The normalized spacial score (nSPS) is 15.6. The van der Waals surface area contributed by atoms with Crippen molar-refractivity contribution in [2.24, 2.45) is 5.92 Å². The minimum atomic E-state index is -0.240. The zero-order valence-corrected chi connectivity index (χ0v) is 16.2. The maximum atomic E-state index is 13.4. The van der Waals surface area contributed by atoms with Crippen LogP contribution in [-0.4, -0.2) is 29.0 Å². The van der Waals surface area contributed by atoms with Crippen LogP contribution >= 0.6 is 22.7 Å². The summed E-state index contributed by atoms with van der Waals surface area (Å²) in [4.78, 5) is 24.8. The Morgan fingerprint density at radius 1 is 1.23 bits per heavy atom. The van der Waals surface area contributed by atoms with Gasteiger partial charge in [0.2, 0.25) is 5.91 Å². The predicted octanol–water partition coefficient (Wildman–Crippen LogP) is 4.36. The van der Waals surface area contributed by atoms with E-state index in [2.05, 4.69) is 20.2 Å². The van der Waals surface area contributed by atoms with Gasteiger partial charge in [0.25, 0.3) is 0 Å². The number of carbonyl (C=O) groups is 1. The monoisotopic (exact) mass is 390 g/mol. The smallest absolute Gasteiger partial charge is 0.229 e. The average molecular weight is 391 g/mol. The number of amides is 1. The van der Waals surface area contributed by atoms with Gasteiger partial charge in [-0.05, 0) is 44.9 Å². The molecule has 1 aliphatic rings. The molecule has 1 aromatic carbocycles. The summed E-state index contributed by atoms with van der Waals surface area (Å²) in [7, 11) is 0. The molecule has 0 unspecified atom stereocenters. The number of aromatic nitrogens is 2. The molecule has 0 bridgehead atoms. The molecule has 1 saturated heterocycles. The third kappa shape index (κ3) is 3.43. The fourth-order valence-corrected chi connectivity index (χ4v) is 4.95. The number of hydrogen-bond acceptors (Lipinski definition) is 6. The summed E-state index contributed by atoms with van der Waals surface area (Å²) in [5, 5.41) is 4.53. The van der Waals surface area contributed by atoms with Crippen molar-refractivity contribution < 1.29 is 9.18 Å². The van der Waals surface area contributed by atoms with Crippen molar-refractivity contribution in [3.63, 3.8) is 0 Å². The summed E-state index contributed by atoms with van der Waals surface area (Å²) in [6, 6.07) is 4.67. The molecule has 8 heteroatoms. The first-order valence-electron chi connectivity index (χ1n) is 8.55. The Hall–Kier alpha value is -2.06. The van der Waals surface area contributed by atoms with Crippen molar-refractivity contribution in [2.75, 3.05) is 23.3 Å². The molecule has 3 heterocycles. The Morgan fingerprint density at radius 3 is 2.69 bits per heavy atom. The van der Waals surface area contributed by atoms with Crippen molar-refractivity contribution in [2.45, 2.75) is 26.7 Å². The molecular weight excluding hydrogens is 371 g/mol. The maximum Gasteiger partial charge on any atom is 0.229 e. The highest BCUT2D eigenvalue weighted by Crippen LogP contribution is 2.32. The van der Waals surface area contributed by atoms with Gasteiger partial charge in [0.05, 0.1) is 15.9 Å². The van der Waals surface area contributed by atoms with Gasteiger partial charge in [-0.1, -0.05) is 11.3 Å². The van der Waals surface area contributed by atoms with Crippen LogP contribution in [0.3, 0.4) is 0 Å². The Morgan fingerprint density at radius 2 is 2.00 bits per heavy atom. The van der Waals surface area contributed by atoms with Crippen LogP contribution in [-0.2, 0) is 4.79 Å². The van der Waals surface area contributed by atoms with Gasteiger partial charge < -0.3 is 10.2 Å². The first-order valence-corrected chi connectivity index (χ1v) is 10.2. The molecule has 0 radical (unpaired) electrons. The number of nitrogens with one attached hydrogen (secondary N) is 1. The largest absolute Gasteiger partial charge is 0.348 e. The summed E-state index contributed by atoms with van der Waals surface area (Å²) in [6.45, 7) is 5.50. The molecule has 1 N–H and O–H groups in total. The van der Waals surface area contributed by atoms with Crippen molar-refractivity contribution >= 4 is 49.1 Å². The number of aryl methyl sites for hydroxylation is 2. The second-order valence-corrected chi connectivity index (χ2v) is 8.73. The van der Waals surface area contributed by atoms with Crippen LogP contribution in [0.5, 0.6) is 0 Å². The van der Waals surface area contributed by atoms with Crippen molar-refractivity contribution in [1.29, 1.82) is 0 Å². The fourth-order valence-electron chi connectivity index (χ4n) is 3.09. The summed E-state index contributed by atoms with van der Waals surface area (Å²) in [5.41, 5.74) is 1.79. The number of carbonyl (C=O) groups excluding carboxylic acids is 1. The first kappa shape index (κ1) is 17.4. The summed E-state index contributed by atoms with van der Waals surface area (Å²) in [6.07, 6.45) is 1.55. The minimum Gasteiger partial charge on any atom is -0.348 e. The Kier molecular flexibility index (Phi) is 4.62. The van der Waals surface area contributed by atoms with Crippen molar-refractivity contribution in [3.8, 4) is 0 Å². The number of benzene rings is 1. The van der Waals surface area contributed by atoms with Gasteiger partial charge in [-0.2, -0.15) is 0 Å². The van der Waals surface area contributed by atoms with E-state index in [1.54, 1.807) is 6.07 Å². The van der Waals surface area contributed by atoms with Crippen LogP contribution in [0.25, 0.3) is 10.2 Å². The SMILES string of the molecule is Cc1nc(NC(=O)C2CCN(c3nc4ccc(F)cc4s3)CC2)sc1C. The van der Waals surface area contributed by atoms with Gasteiger partial charge in [-0.25, -0.2) is 14.4 Å². The molecule has 4 rings (SSSR count). The van der Waals surface area contributed by atoms with E-state index in [1.165, 1.54) is 34.8 Å². The second-order valence-electron chi connectivity index (χ2n) is 6.52. The number of rotatable bonds is 3. The molecule has 1 fully saturated rings. The maximum absolute atomic E-state index is 13.4. The summed E-state index contributed by atoms with van der Waals surface area (Å²) in [5.74, 6) is -0.205. The van der Waals surface area contributed by atoms with E-state index in [9.17, 15) is 9.18 Å². The molecule has 1 aliphatic heterocycles. The first-order chi connectivity index (χ1) is 12.5. The van der Waals surface area contributed by atoms with E-state index < -0.39 is 0 Å². The van der Waals surface area contributed by atoms with Gasteiger partial charge in [-0.15, -0.1) is 11.3 Å². The van der Waals surface area contributed by atoms with Crippen LogP contribution in [0.2, 0.25) is 0 Å². The number of fused-ring (bicyclic) bond motifs is 1. The number of halogens is 1. The third-order valence-electron chi connectivity index (χ3n) is 4.73. The zero-order chi connectivity index (χ0) is 18.3. The quantitative estimate of drug-likeness (QED) is 0.722. The average Bonchev–Trinajstić information content (AvgIpc) is 3.17. The molecule has 0 saturated carbocycles. The van der Waals surface area contributed by atoms with Gasteiger partial charge in [0.1, 0.15) is 5.82 Å². The molecule has 136 valence electrons. The molecule has 2 aromatic heterocycles. The Balaban J connectivity index is 1.39. The third-order valence-corrected chi connectivity index (χ3v) is 6.80. The molecule has 1 amide bonds. The van der Waals surface area contributed by atoms with Crippen LogP contribution in [0.1, 0.15) is 23.4 Å². The van der Waals surface area contributed by atoms with E-state index >= 15 is 0 Å². The summed E-state index contributed by atoms with van der Waals surface area (Å²) >= 11 is 3.02. The van der Waals surface area contributed by atoms with Crippen molar-refractivity contribution in [1.82, 2.24) is 9.97 Å². The number of nitrogens with zero attached hydrogens (tertiary/aromatic N) is 3. The highest BCUT2D eigenvalue weighted by molar-refractivity contribution is 7.22. The number of piperidine rings is 1. The zero-order valence-electron chi connectivity index (χ0n) is 14.6. The molecular formula is C18H19FN4OS2. The van der Waals surface area contributed by atoms with E-state index in [1.807, 2.05) is 13.8 Å². The van der Waals surface area contributed by atoms with Gasteiger partial charge in [-0.3, -0.25) is 4.79 Å². The lowest BCUT2D eigenvalue weighted by Crippen LogP contribution is -2.38. The standard InChI is InChI=1S/C18H19FN4OS2/c1-10-11(2)25-17(20-10)22-16(24)12-5-7-23(8-6-12)18-21-14-4-3-13(19)9-15(14)26-18/h3-4,9,12H,5-8H2,1-2H3,(H,20,22,24). The number of thiazole rings is 2. The van der Waals surface area contributed by atoms with E-state index in [4.69, 9.17) is 0 Å². The van der Waals surface area contributed by atoms with E-state index in [-0.39, 0.29) is 17.6 Å². The molecule has 5 nitrogen and oxygen atoms in total. The lowest BCUT2D eigenvalue weighted by atomic mass is 9.96. The van der Waals surface area contributed by atoms with E-state index in [0.29, 0.717) is 5.13 Å². The van der Waals surface area contributed by atoms with Crippen LogP contribution in [0.4, 0.5) is 14.7 Å². The minimum absolute atomic E-state index is 0.0115. The molecule has 26 heavy (non-hydrogen) atoms. The number of anilines is 2. The lowest BCUT2D eigenvalue weighted by Gasteiger charge is -2.30. The predicted molar refractivity (Wildman–Crippen MR) is 105 cm³/mol. The Bertz CT molecular complexity index is 940. The second kappa shape index (κ2) is 6.92. The van der Waals surface area contributed by atoms with Gasteiger partial charge in [0.15, 0.2) is 10.3 Å². The molecule has 0 aliphatic carbocycles. The van der Waals surface area contributed by atoms with Crippen LogP contribution < -0.4 is 10.2 Å². The highest BCUT2D eigenvalue weighted by atomic mass is 32.1. The highest BCUT2D eigenvalue weighted by Gasteiger charge is 2.27. The van der Waals surface area contributed by atoms with E-state index in [0.717, 1.165) is 51.9 Å². The topological polar surface area (TPSA) is 58.1 Å². The molecule has 0 spiro atoms. The van der Waals surface area contributed by atoms with Gasteiger partial charge >= 0.3 is 0 Å². The Labute approximate surface area is 158 Å². The summed E-state index contributed by atoms with van der Waals surface area (Å²) < 4.78 is 14.2. The molecule has 0 atom stereocenters. The van der Waals surface area contributed by atoms with Crippen LogP contribution in [0.15, 0.2) is 18.2 Å². The van der Waals surface area contributed by atoms with Gasteiger partial charge in [0, 0.05) is 23.9 Å². The number of hydrogen-bond donors (Lipinski definition) is 1. The van der Waals surface area contributed by atoms with Crippen LogP contribution in [0, 0.1) is 25.6 Å². The molecule has 3 aromatic rings.